The van der Waals surface area contributed by atoms with E-state index in [1.54, 1.807) is 0 Å². The van der Waals surface area contributed by atoms with Crippen molar-refractivity contribution in [2.75, 3.05) is 19.3 Å². The summed E-state index contributed by atoms with van der Waals surface area (Å²) < 4.78 is 0. The number of amides is 1. The second kappa shape index (κ2) is 4.56. The average Bonchev–Trinajstić information content (AvgIpc) is 2.60. The van der Waals surface area contributed by atoms with Crippen molar-refractivity contribution in [3.05, 3.63) is 29.8 Å². The van der Waals surface area contributed by atoms with Gasteiger partial charge in [-0.15, -0.1) is 0 Å². The van der Waals surface area contributed by atoms with E-state index in [-0.39, 0.29) is 5.92 Å². The molecule has 3 heteroatoms. The Morgan fingerprint density at radius 1 is 1.38 bits per heavy atom. The van der Waals surface area contributed by atoms with Gasteiger partial charge in [-0.05, 0) is 37.0 Å². The highest BCUT2D eigenvalue weighted by Crippen LogP contribution is 2.22. The van der Waals surface area contributed by atoms with E-state index in [9.17, 15) is 4.79 Å². The molecular weight excluding hydrogens is 200 g/mol. The molecule has 0 aliphatic carbocycles. The van der Waals surface area contributed by atoms with E-state index in [1.165, 1.54) is 5.56 Å². The van der Waals surface area contributed by atoms with Gasteiger partial charge in [0.15, 0.2) is 0 Å². The normalized spacial score (nSPS) is 20.4. The van der Waals surface area contributed by atoms with Gasteiger partial charge in [-0.1, -0.05) is 12.1 Å². The molecule has 0 aromatic heterocycles. The maximum atomic E-state index is 11.7. The summed E-state index contributed by atoms with van der Waals surface area (Å²) in [5, 5.41) is 0. The van der Waals surface area contributed by atoms with Crippen LogP contribution in [0.5, 0.6) is 0 Å². The summed E-state index contributed by atoms with van der Waals surface area (Å²) in [4.78, 5) is 13.5. The second-order valence-corrected chi connectivity index (χ2v) is 4.53. The molecule has 1 aromatic carbocycles. The van der Waals surface area contributed by atoms with Gasteiger partial charge in [-0.2, -0.15) is 0 Å². The molecule has 1 aliphatic rings. The number of aryl methyl sites for hydroxylation is 1. The summed E-state index contributed by atoms with van der Waals surface area (Å²) in [6, 6.07) is 7.91. The van der Waals surface area contributed by atoms with Crippen molar-refractivity contribution < 1.29 is 4.79 Å². The third-order valence-corrected chi connectivity index (χ3v) is 3.30. The Kier molecular flexibility index (Phi) is 3.13. The van der Waals surface area contributed by atoms with Crippen LogP contribution in [0.1, 0.15) is 18.4 Å². The fourth-order valence-corrected chi connectivity index (χ4v) is 2.19. The summed E-state index contributed by atoms with van der Waals surface area (Å²) in [7, 11) is 1.88. The van der Waals surface area contributed by atoms with Crippen LogP contribution < -0.4 is 5.73 Å². The molecule has 3 nitrogen and oxygen atoms in total. The summed E-state index contributed by atoms with van der Waals surface area (Å²) in [6.07, 6.45) is 2.92. The zero-order valence-corrected chi connectivity index (χ0v) is 9.65. The van der Waals surface area contributed by atoms with Gasteiger partial charge in [-0.3, -0.25) is 4.79 Å². The van der Waals surface area contributed by atoms with Crippen LogP contribution >= 0.6 is 0 Å². The van der Waals surface area contributed by atoms with Gasteiger partial charge in [0.25, 0.3) is 0 Å². The van der Waals surface area contributed by atoms with Crippen molar-refractivity contribution in [2.45, 2.75) is 19.3 Å². The van der Waals surface area contributed by atoms with E-state index in [0.29, 0.717) is 5.91 Å². The molecule has 16 heavy (non-hydrogen) atoms. The Morgan fingerprint density at radius 3 is 2.62 bits per heavy atom. The number of nitrogen functional groups attached to an aromatic ring is 1. The number of nitrogens with two attached hydrogens (primary N) is 1. The number of nitrogens with zero attached hydrogens (tertiary/aromatic N) is 1. The monoisotopic (exact) mass is 218 g/mol. The molecule has 1 heterocycles. The van der Waals surface area contributed by atoms with E-state index < -0.39 is 0 Å². The first-order chi connectivity index (χ1) is 7.66. The number of carbonyl (C=O) groups is 1. The number of benzene rings is 1. The van der Waals surface area contributed by atoms with Gasteiger partial charge in [0.1, 0.15) is 0 Å². The Morgan fingerprint density at radius 2 is 2.06 bits per heavy atom. The first kappa shape index (κ1) is 11.0. The third kappa shape index (κ3) is 2.35. The average molecular weight is 218 g/mol. The largest absolute Gasteiger partial charge is 0.399 e. The van der Waals surface area contributed by atoms with Crippen molar-refractivity contribution in [3.8, 4) is 0 Å². The van der Waals surface area contributed by atoms with E-state index >= 15 is 0 Å². The Hall–Kier alpha value is -1.51. The molecule has 1 atom stereocenters. The summed E-state index contributed by atoms with van der Waals surface area (Å²) in [5.74, 6) is 0.526. The number of hydrogen-bond donors (Lipinski definition) is 1. The molecule has 1 unspecified atom stereocenters. The van der Waals surface area contributed by atoms with Gasteiger partial charge in [-0.25, -0.2) is 0 Å². The van der Waals surface area contributed by atoms with Crippen LogP contribution in [0.2, 0.25) is 0 Å². The van der Waals surface area contributed by atoms with Crippen molar-refractivity contribution in [1.29, 1.82) is 0 Å². The minimum Gasteiger partial charge on any atom is -0.399 e. The van der Waals surface area contributed by atoms with Gasteiger partial charge in [0, 0.05) is 25.2 Å². The second-order valence-electron chi connectivity index (χ2n) is 4.53. The molecule has 2 N–H and O–H groups in total. The molecule has 1 fully saturated rings. The number of rotatable bonds is 3. The minimum atomic E-state index is 0.225. The SMILES string of the molecule is CN1CCC(CCc2ccc(N)cc2)C1=O. The maximum absolute atomic E-state index is 11.7. The highest BCUT2D eigenvalue weighted by molar-refractivity contribution is 5.80. The Bertz CT molecular complexity index is 372. The van der Waals surface area contributed by atoms with Crippen LogP contribution in [0.25, 0.3) is 0 Å². The van der Waals surface area contributed by atoms with E-state index in [0.717, 1.165) is 31.5 Å². The molecule has 1 amide bonds. The van der Waals surface area contributed by atoms with E-state index in [2.05, 4.69) is 0 Å². The molecule has 0 spiro atoms. The van der Waals surface area contributed by atoms with Gasteiger partial charge in [0.2, 0.25) is 5.91 Å². The Labute approximate surface area is 96.2 Å². The number of carbonyl (C=O) groups excluding carboxylic acids is 1. The lowest BCUT2D eigenvalue weighted by molar-refractivity contribution is -0.129. The smallest absolute Gasteiger partial charge is 0.225 e. The highest BCUT2D eigenvalue weighted by Gasteiger charge is 2.28. The molecule has 0 radical (unpaired) electrons. The highest BCUT2D eigenvalue weighted by atomic mass is 16.2. The van der Waals surface area contributed by atoms with Crippen molar-refractivity contribution in [2.24, 2.45) is 5.92 Å². The van der Waals surface area contributed by atoms with Crippen LogP contribution in [-0.2, 0) is 11.2 Å². The van der Waals surface area contributed by atoms with Crippen molar-refractivity contribution >= 4 is 11.6 Å². The predicted molar refractivity (Wildman–Crippen MR) is 64.9 cm³/mol. The third-order valence-electron chi connectivity index (χ3n) is 3.30. The van der Waals surface area contributed by atoms with Gasteiger partial charge < -0.3 is 10.6 Å². The molecular formula is C13H18N2O. The summed E-state index contributed by atoms with van der Waals surface area (Å²) in [6.45, 7) is 0.908. The summed E-state index contributed by atoms with van der Waals surface area (Å²) in [5.41, 5.74) is 7.68. The van der Waals surface area contributed by atoms with Gasteiger partial charge in [0.05, 0.1) is 0 Å². The molecule has 0 saturated carbocycles. The molecule has 1 saturated heterocycles. The van der Waals surface area contributed by atoms with Crippen LogP contribution in [0, 0.1) is 5.92 Å². The minimum absolute atomic E-state index is 0.225. The quantitative estimate of drug-likeness (QED) is 0.785. The van der Waals surface area contributed by atoms with Crippen molar-refractivity contribution in [3.63, 3.8) is 0 Å². The predicted octanol–water partition coefficient (Wildman–Crippen LogP) is 1.68. The summed E-state index contributed by atoms with van der Waals surface area (Å²) >= 11 is 0. The first-order valence-electron chi connectivity index (χ1n) is 5.76. The van der Waals surface area contributed by atoms with Crippen LogP contribution in [0.3, 0.4) is 0 Å². The van der Waals surface area contributed by atoms with Crippen LogP contribution in [-0.4, -0.2) is 24.4 Å². The topological polar surface area (TPSA) is 46.3 Å². The maximum Gasteiger partial charge on any atom is 0.225 e. The molecule has 1 aromatic rings. The lowest BCUT2D eigenvalue weighted by Gasteiger charge is -2.10. The molecule has 2 rings (SSSR count). The van der Waals surface area contributed by atoms with Crippen LogP contribution in [0.15, 0.2) is 24.3 Å². The zero-order valence-electron chi connectivity index (χ0n) is 9.65. The molecule has 0 bridgehead atoms. The fourth-order valence-electron chi connectivity index (χ4n) is 2.19. The van der Waals surface area contributed by atoms with Gasteiger partial charge >= 0.3 is 0 Å². The molecule has 1 aliphatic heterocycles. The number of anilines is 1. The first-order valence-corrected chi connectivity index (χ1v) is 5.76. The Balaban J connectivity index is 1.88. The lowest BCUT2D eigenvalue weighted by Crippen LogP contribution is -2.22. The standard InChI is InChI=1S/C13H18N2O/c1-15-9-8-11(13(15)16)5-2-10-3-6-12(14)7-4-10/h3-4,6-7,11H,2,5,8-9,14H2,1H3. The number of hydrogen-bond acceptors (Lipinski definition) is 2. The van der Waals surface area contributed by atoms with E-state index in [1.807, 2.05) is 36.2 Å². The number of likely N-dealkylation sites (tertiary alicyclic amines) is 1. The van der Waals surface area contributed by atoms with E-state index in [4.69, 9.17) is 5.73 Å². The van der Waals surface area contributed by atoms with Crippen LogP contribution in [0.4, 0.5) is 5.69 Å². The fraction of sp³-hybridized carbons (Fsp3) is 0.462. The lowest BCUT2D eigenvalue weighted by atomic mass is 9.98. The zero-order chi connectivity index (χ0) is 11.5. The molecule has 86 valence electrons. The van der Waals surface area contributed by atoms with Crippen molar-refractivity contribution in [1.82, 2.24) is 4.90 Å².